The molecule has 0 spiro atoms. The van der Waals surface area contributed by atoms with Gasteiger partial charge in [-0.25, -0.2) is 0 Å². The van der Waals surface area contributed by atoms with Crippen LogP contribution in [0.4, 0.5) is 0 Å². The quantitative estimate of drug-likeness (QED) is 0.788. The number of aromatic nitrogens is 2. The summed E-state index contributed by atoms with van der Waals surface area (Å²) in [4.78, 5) is 0. The summed E-state index contributed by atoms with van der Waals surface area (Å²) in [5.41, 5.74) is 2.91. The molecule has 3 heteroatoms. The number of hydrogen-bond acceptors (Lipinski definition) is 2. The molecule has 0 aromatic carbocycles. The Bertz CT molecular complexity index is 354. The molecule has 16 heavy (non-hydrogen) atoms. The molecule has 1 aliphatic heterocycles. The SMILES string of the molecule is Cn1cc(C(C)(C)C)c(C2CCCNC2)n1. The minimum atomic E-state index is 0.195. The van der Waals surface area contributed by atoms with E-state index in [1.54, 1.807) is 0 Å². The van der Waals surface area contributed by atoms with Crippen molar-refractivity contribution in [3.05, 3.63) is 17.5 Å². The number of nitrogens with zero attached hydrogens (tertiary/aromatic N) is 2. The first-order valence-electron chi connectivity index (χ1n) is 6.23. The van der Waals surface area contributed by atoms with E-state index < -0.39 is 0 Å². The summed E-state index contributed by atoms with van der Waals surface area (Å²) >= 11 is 0. The van der Waals surface area contributed by atoms with Gasteiger partial charge in [-0.05, 0) is 30.4 Å². The number of piperidine rings is 1. The zero-order valence-electron chi connectivity index (χ0n) is 10.9. The Morgan fingerprint density at radius 2 is 2.19 bits per heavy atom. The topological polar surface area (TPSA) is 29.9 Å². The standard InChI is InChI=1S/C13H23N3/c1-13(2,3)11-9-16(4)15-12(11)10-6-5-7-14-8-10/h9-10,14H,5-8H2,1-4H3. The first-order chi connectivity index (χ1) is 7.48. The lowest BCUT2D eigenvalue weighted by atomic mass is 9.82. The molecular weight excluding hydrogens is 198 g/mol. The summed E-state index contributed by atoms with van der Waals surface area (Å²) < 4.78 is 1.96. The van der Waals surface area contributed by atoms with Crippen LogP contribution in [0.1, 0.15) is 50.8 Å². The van der Waals surface area contributed by atoms with Gasteiger partial charge in [0.05, 0.1) is 5.69 Å². The van der Waals surface area contributed by atoms with Crippen molar-refractivity contribution in [3.63, 3.8) is 0 Å². The number of aryl methyl sites for hydroxylation is 1. The Morgan fingerprint density at radius 3 is 2.75 bits per heavy atom. The van der Waals surface area contributed by atoms with Gasteiger partial charge in [0.25, 0.3) is 0 Å². The smallest absolute Gasteiger partial charge is 0.0705 e. The van der Waals surface area contributed by atoms with Crippen molar-refractivity contribution >= 4 is 0 Å². The van der Waals surface area contributed by atoms with E-state index in [1.807, 2.05) is 11.7 Å². The highest BCUT2D eigenvalue weighted by Crippen LogP contribution is 2.32. The Balaban J connectivity index is 2.31. The van der Waals surface area contributed by atoms with Gasteiger partial charge in [0.1, 0.15) is 0 Å². The molecule has 1 aromatic heterocycles. The Hall–Kier alpha value is -0.830. The van der Waals surface area contributed by atoms with Crippen LogP contribution in [0, 0.1) is 0 Å². The molecule has 1 fully saturated rings. The van der Waals surface area contributed by atoms with E-state index >= 15 is 0 Å². The first kappa shape index (κ1) is 11.6. The second kappa shape index (κ2) is 4.21. The van der Waals surface area contributed by atoms with Crippen LogP contribution >= 0.6 is 0 Å². The van der Waals surface area contributed by atoms with E-state index in [2.05, 4.69) is 37.4 Å². The minimum Gasteiger partial charge on any atom is -0.316 e. The fraction of sp³-hybridized carbons (Fsp3) is 0.769. The fourth-order valence-electron chi connectivity index (χ4n) is 2.47. The maximum absolute atomic E-state index is 4.68. The van der Waals surface area contributed by atoms with Gasteiger partial charge in [-0.1, -0.05) is 20.8 Å². The molecule has 2 rings (SSSR count). The minimum absolute atomic E-state index is 0.195. The molecule has 1 aliphatic rings. The lowest BCUT2D eigenvalue weighted by molar-refractivity contribution is 0.443. The lowest BCUT2D eigenvalue weighted by Crippen LogP contribution is -2.30. The van der Waals surface area contributed by atoms with E-state index in [0.717, 1.165) is 13.1 Å². The second-order valence-corrected chi connectivity index (χ2v) is 5.89. The third-order valence-electron chi connectivity index (χ3n) is 3.35. The Kier molecular flexibility index (Phi) is 3.06. The third kappa shape index (κ3) is 2.29. The average Bonchev–Trinajstić information content (AvgIpc) is 2.61. The van der Waals surface area contributed by atoms with E-state index in [9.17, 15) is 0 Å². The van der Waals surface area contributed by atoms with Crippen molar-refractivity contribution < 1.29 is 0 Å². The van der Waals surface area contributed by atoms with Gasteiger partial charge < -0.3 is 5.32 Å². The lowest BCUT2D eigenvalue weighted by Gasteiger charge is -2.25. The number of nitrogens with one attached hydrogen (secondary N) is 1. The van der Waals surface area contributed by atoms with Crippen molar-refractivity contribution in [2.24, 2.45) is 7.05 Å². The van der Waals surface area contributed by atoms with E-state index in [4.69, 9.17) is 0 Å². The Morgan fingerprint density at radius 1 is 1.44 bits per heavy atom. The van der Waals surface area contributed by atoms with E-state index in [0.29, 0.717) is 5.92 Å². The van der Waals surface area contributed by atoms with Crippen molar-refractivity contribution in [3.8, 4) is 0 Å². The molecule has 0 bridgehead atoms. The Labute approximate surface area is 98.2 Å². The van der Waals surface area contributed by atoms with Gasteiger partial charge in [0.15, 0.2) is 0 Å². The van der Waals surface area contributed by atoms with Crippen LogP contribution in [0.3, 0.4) is 0 Å². The van der Waals surface area contributed by atoms with E-state index in [1.165, 1.54) is 24.1 Å². The molecule has 1 aromatic rings. The van der Waals surface area contributed by atoms with Gasteiger partial charge >= 0.3 is 0 Å². The van der Waals surface area contributed by atoms with Crippen LogP contribution in [0.15, 0.2) is 6.20 Å². The highest BCUT2D eigenvalue weighted by Gasteiger charge is 2.27. The molecule has 0 saturated carbocycles. The molecule has 1 N–H and O–H groups in total. The molecular formula is C13H23N3. The van der Waals surface area contributed by atoms with Crippen LogP contribution in [0.2, 0.25) is 0 Å². The average molecular weight is 221 g/mol. The monoisotopic (exact) mass is 221 g/mol. The molecule has 0 aliphatic carbocycles. The van der Waals surface area contributed by atoms with Crippen molar-refractivity contribution in [1.82, 2.24) is 15.1 Å². The number of rotatable bonds is 1. The van der Waals surface area contributed by atoms with Crippen LogP contribution < -0.4 is 5.32 Å². The van der Waals surface area contributed by atoms with E-state index in [-0.39, 0.29) is 5.41 Å². The normalized spacial score (nSPS) is 22.4. The third-order valence-corrected chi connectivity index (χ3v) is 3.35. The van der Waals surface area contributed by atoms with Crippen molar-refractivity contribution in [2.45, 2.75) is 44.9 Å². The highest BCUT2D eigenvalue weighted by molar-refractivity contribution is 5.28. The molecule has 1 unspecified atom stereocenters. The predicted octanol–water partition coefficient (Wildman–Crippen LogP) is 2.18. The summed E-state index contributed by atoms with van der Waals surface area (Å²) in [7, 11) is 2.02. The zero-order valence-corrected chi connectivity index (χ0v) is 10.9. The molecule has 90 valence electrons. The maximum atomic E-state index is 4.68. The zero-order chi connectivity index (χ0) is 11.8. The molecule has 0 amide bonds. The van der Waals surface area contributed by atoms with Gasteiger partial charge in [0.2, 0.25) is 0 Å². The first-order valence-corrected chi connectivity index (χ1v) is 6.23. The molecule has 2 heterocycles. The van der Waals surface area contributed by atoms with Crippen LogP contribution in [0.5, 0.6) is 0 Å². The van der Waals surface area contributed by atoms with Gasteiger partial charge in [-0.2, -0.15) is 5.10 Å². The summed E-state index contributed by atoms with van der Waals surface area (Å²) in [6.07, 6.45) is 4.72. The molecule has 3 nitrogen and oxygen atoms in total. The summed E-state index contributed by atoms with van der Waals surface area (Å²) in [6, 6.07) is 0. The maximum Gasteiger partial charge on any atom is 0.0705 e. The summed E-state index contributed by atoms with van der Waals surface area (Å²) in [5, 5.41) is 8.15. The number of hydrogen-bond donors (Lipinski definition) is 1. The van der Waals surface area contributed by atoms with Crippen molar-refractivity contribution in [1.29, 1.82) is 0 Å². The molecule has 0 radical (unpaired) electrons. The summed E-state index contributed by atoms with van der Waals surface area (Å²) in [6.45, 7) is 9.05. The van der Waals surface area contributed by atoms with Crippen LogP contribution in [0.25, 0.3) is 0 Å². The van der Waals surface area contributed by atoms with Crippen LogP contribution in [-0.4, -0.2) is 22.9 Å². The molecule has 1 atom stereocenters. The predicted molar refractivity (Wildman–Crippen MR) is 66.8 cm³/mol. The fourth-order valence-corrected chi connectivity index (χ4v) is 2.47. The van der Waals surface area contributed by atoms with Gasteiger partial charge in [-0.15, -0.1) is 0 Å². The van der Waals surface area contributed by atoms with Gasteiger partial charge in [-0.3, -0.25) is 4.68 Å². The largest absolute Gasteiger partial charge is 0.316 e. The van der Waals surface area contributed by atoms with Gasteiger partial charge in [0, 0.05) is 25.7 Å². The van der Waals surface area contributed by atoms with Crippen molar-refractivity contribution in [2.75, 3.05) is 13.1 Å². The summed E-state index contributed by atoms with van der Waals surface area (Å²) in [5.74, 6) is 0.601. The highest BCUT2D eigenvalue weighted by atomic mass is 15.3. The van der Waals surface area contributed by atoms with Crippen LogP contribution in [-0.2, 0) is 12.5 Å². The second-order valence-electron chi connectivity index (χ2n) is 5.89. The molecule has 1 saturated heterocycles.